The first-order chi connectivity index (χ1) is 9.70. The summed E-state index contributed by atoms with van der Waals surface area (Å²) in [7, 11) is 0. The predicted molar refractivity (Wildman–Crippen MR) is 75.9 cm³/mol. The average Bonchev–Trinajstić information content (AvgIpc) is 2.46. The van der Waals surface area contributed by atoms with Crippen molar-refractivity contribution >= 4 is 27.5 Å². The number of hydrogen-bond acceptors (Lipinski definition) is 4. The highest BCUT2D eigenvalue weighted by atomic mass is 16.5. The van der Waals surface area contributed by atoms with E-state index in [9.17, 15) is 9.59 Å². The molecule has 0 unspecified atom stereocenters. The zero-order valence-corrected chi connectivity index (χ0v) is 10.9. The first kappa shape index (κ1) is 12.4. The van der Waals surface area contributed by atoms with Crippen molar-refractivity contribution in [1.82, 2.24) is 0 Å². The number of carbonyl (C=O) groups is 1. The molecule has 0 atom stereocenters. The van der Waals surface area contributed by atoms with Crippen molar-refractivity contribution < 1.29 is 13.9 Å². The molecule has 0 aliphatic carbocycles. The van der Waals surface area contributed by atoms with E-state index in [4.69, 9.17) is 9.15 Å². The maximum atomic E-state index is 12.1. The van der Waals surface area contributed by atoms with Gasteiger partial charge in [-0.05, 0) is 29.1 Å². The lowest BCUT2D eigenvalue weighted by Crippen LogP contribution is -2.10. The average molecular weight is 268 g/mol. The summed E-state index contributed by atoms with van der Waals surface area (Å²) in [6, 6.07) is 12.8. The molecule has 2 aromatic carbocycles. The Morgan fingerprint density at radius 1 is 1.15 bits per heavy atom. The van der Waals surface area contributed by atoms with Crippen molar-refractivity contribution in [3.05, 3.63) is 58.6 Å². The smallest absolute Gasteiger partial charge is 0.374 e. The number of benzene rings is 2. The number of hydrogen-bond donors (Lipinski definition) is 0. The molecule has 0 aliphatic heterocycles. The molecule has 3 rings (SSSR count). The van der Waals surface area contributed by atoms with E-state index in [1.54, 1.807) is 19.1 Å². The van der Waals surface area contributed by atoms with Crippen molar-refractivity contribution in [1.29, 1.82) is 0 Å². The van der Waals surface area contributed by atoms with Gasteiger partial charge in [-0.3, -0.25) is 0 Å². The van der Waals surface area contributed by atoms with Crippen LogP contribution in [0.15, 0.2) is 51.7 Å². The summed E-state index contributed by atoms with van der Waals surface area (Å²) in [5.74, 6) is -0.695. The fourth-order valence-corrected chi connectivity index (χ4v) is 2.26. The van der Waals surface area contributed by atoms with Gasteiger partial charge in [-0.1, -0.05) is 36.4 Å². The normalized spacial score (nSPS) is 10.8. The largest absolute Gasteiger partial charge is 0.460 e. The Bertz CT molecular complexity index is 861. The van der Waals surface area contributed by atoms with E-state index >= 15 is 0 Å². The summed E-state index contributed by atoms with van der Waals surface area (Å²) in [6.45, 7) is 1.93. The lowest BCUT2D eigenvalue weighted by molar-refractivity contribution is 0.0485. The van der Waals surface area contributed by atoms with Gasteiger partial charge in [0.2, 0.25) is 5.76 Å². The molecule has 4 nitrogen and oxygen atoms in total. The maximum Gasteiger partial charge on any atom is 0.374 e. The Hall–Kier alpha value is -2.62. The van der Waals surface area contributed by atoms with Crippen LogP contribution in [0.3, 0.4) is 0 Å². The first-order valence-electron chi connectivity index (χ1n) is 6.33. The maximum absolute atomic E-state index is 12.1. The highest BCUT2D eigenvalue weighted by Gasteiger charge is 2.14. The van der Waals surface area contributed by atoms with Crippen molar-refractivity contribution in [3.63, 3.8) is 0 Å². The van der Waals surface area contributed by atoms with Gasteiger partial charge in [-0.15, -0.1) is 0 Å². The standard InChI is InChI=1S/C16H12O4/c1-2-19-15(17)13-9-11-8-7-10-5-3-4-6-12(10)14(11)16(18)20-13/h3-9H,2H2,1H3. The first-order valence-corrected chi connectivity index (χ1v) is 6.33. The van der Waals surface area contributed by atoms with Crippen LogP contribution in [-0.4, -0.2) is 12.6 Å². The van der Waals surface area contributed by atoms with Crippen molar-refractivity contribution in [2.75, 3.05) is 6.61 Å². The molecule has 0 amide bonds. The topological polar surface area (TPSA) is 56.5 Å². The summed E-state index contributed by atoms with van der Waals surface area (Å²) in [6.07, 6.45) is 0. The van der Waals surface area contributed by atoms with E-state index in [0.717, 1.165) is 10.8 Å². The van der Waals surface area contributed by atoms with Crippen molar-refractivity contribution in [3.8, 4) is 0 Å². The van der Waals surface area contributed by atoms with Gasteiger partial charge in [-0.2, -0.15) is 0 Å². The molecule has 0 saturated carbocycles. The highest BCUT2D eigenvalue weighted by Crippen LogP contribution is 2.23. The SMILES string of the molecule is CCOC(=O)c1cc2ccc3ccccc3c2c(=O)o1. The van der Waals surface area contributed by atoms with Gasteiger partial charge in [0.1, 0.15) is 0 Å². The van der Waals surface area contributed by atoms with Crippen molar-refractivity contribution in [2.45, 2.75) is 6.92 Å². The molecule has 3 aromatic rings. The Balaban J connectivity index is 2.32. The number of ether oxygens (including phenoxy) is 1. The molecule has 0 saturated heterocycles. The molecule has 1 heterocycles. The third-order valence-corrected chi connectivity index (χ3v) is 3.13. The van der Waals surface area contributed by atoms with E-state index in [1.807, 2.05) is 30.3 Å². The number of fused-ring (bicyclic) bond motifs is 3. The van der Waals surface area contributed by atoms with E-state index in [-0.39, 0.29) is 12.4 Å². The summed E-state index contributed by atoms with van der Waals surface area (Å²) in [4.78, 5) is 23.8. The van der Waals surface area contributed by atoms with E-state index in [0.29, 0.717) is 10.8 Å². The molecule has 0 N–H and O–H groups in total. The second kappa shape index (κ2) is 4.81. The van der Waals surface area contributed by atoms with Crippen LogP contribution in [0, 0.1) is 0 Å². The third kappa shape index (κ3) is 1.95. The Kier molecular flexibility index (Phi) is 2.99. The monoisotopic (exact) mass is 268 g/mol. The molecular formula is C16H12O4. The van der Waals surface area contributed by atoms with Gasteiger partial charge >= 0.3 is 11.6 Å². The van der Waals surface area contributed by atoms with Crippen LogP contribution in [0.5, 0.6) is 0 Å². The van der Waals surface area contributed by atoms with Gasteiger partial charge < -0.3 is 9.15 Å². The quantitative estimate of drug-likeness (QED) is 0.529. The van der Waals surface area contributed by atoms with Gasteiger partial charge in [0.05, 0.1) is 12.0 Å². The molecule has 0 spiro atoms. The molecule has 0 aliphatic rings. The fourth-order valence-electron chi connectivity index (χ4n) is 2.26. The zero-order chi connectivity index (χ0) is 14.1. The molecule has 4 heteroatoms. The Morgan fingerprint density at radius 2 is 1.90 bits per heavy atom. The Labute approximate surface area is 114 Å². The summed E-state index contributed by atoms with van der Waals surface area (Å²) >= 11 is 0. The fraction of sp³-hybridized carbons (Fsp3) is 0.125. The molecular weight excluding hydrogens is 256 g/mol. The lowest BCUT2D eigenvalue weighted by Gasteiger charge is -2.04. The molecule has 0 bridgehead atoms. The van der Waals surface area contributed by atoms with Crippen LogP contribution in [0.2, 0.25) is 0 Å². The summed E-state index contributed by atoms with van der Waals surface area (Å²) < 4.78 is 9.93. The van der Waals surface area contributed by atoms with Crippen LogP contribution < -0.4 is 5.63 Å². The summed E-state index contributed by atoms with van der Waals surface area (Å²) in [5.41, 5.74) is -0.526. The van der Waals surface area contributed by atoms with E-state index in [2.05, 4.69) is 0 Å². The third-order valence-electron chi connectivity index (χ3n) is 3.13. The highest BCUT2D eigenvalue weighted by molar-refractivity contribution is 6.07. The van der Waals surface area contributed by atoms with E-state index < -0.39 is 11.6 Å². The minimum absolute atomic E-state index is 0.0698. The van der Waals surface area contributed by atoms with Crippen LogP contribution in [0.1, 0.15) is 17.5 Å². The number of carbonyl (C=O) groups excluding carboxylic acids is 1. The number of rotatable bonds is 2. The van der Waals surface area contributed by atoms with Crippen LogP contribution >= 0.6 is 0 Å². The molecule has 0 fully saturated rings. The van der Waals surface area contributed by atoms with Gasteiger partial charge in [0.15, 0.2) is 0 Å². The van der Waals surface area contributed by atoms with Crippen LogP contribution in [-0.2, 0) is 4.74 Å². The Morgan fingerprint density at radius 3 is 2.70 bits per heavy atom. The zero-order valence-electron chi connectivity index (χ0n) is 10.9. The predicted octanol–water partition coefficient (Wildman–Crippen LogP) is 3.12. The van der Waals surface area contributed by atoms with Crippen LogP contribution in [0.4, 0.5) is 0 Å². The molecule has 20 heavy (non-hydrogen) atoms. The molecule has 1 aromatic heterocycles. The van der Waals surface area contributed by atoms with Crippen LogP contribution in [0.25, 0.3) is 21.5 Å². The molecule has 100 valence electrons. The van der Waals surface area contributed by atoms with Gasteiger partial charge in [-0.25, -0.2) is 9.59 Å². The second-order valence-corrected chi connectivity index (χ2v) is 4.37. The minimum atomic E-state index is -0.625. The van der Waals surface area contributed by atoms with Crippen molar-refractivity contribution in [2.24, 2.45) is 0 Å². The molecule has 0 radical (unpaired) electrons. The number of esters is 1. The van der Waals surface area contributed by atoms with Gasteiger partial charge in [0, 0.05) is 0 Å². The lowest BCUT2D eigenvalue weighted by atomic mass is 10.0. The minimum Gasteiger partial charge on any atom is -0.460 e. The summed E-state index contributed by atoms with van der Waals surface area (Å²) in [5, 5.41) is 2.92. The second-order valence-electron chi connectivity index (χ2n) is 4.37. The van der Waals surface area contributed by atoms with E-state index in [1.165, 1.54) is 0 Å². The van der Waals surface area contributed by atoms with Gasteiger partial charge in [0.25, 0.3) is 0 Å².